The van der Waals surface area contributed by atoms with Gasteiger partial charge in [-0.15, -0.1) is 15.3 Å². The second-order valence-corrected chi connectivity index (χ2v) is 6.48. The number of tetrazole rings is 1. The lowest BCUT2D eigenvalue weighted by molar-refractivity contribution is 0.515. The lowest BCUT2D eigenvalue weighted by atomic mass is 10.2. The summed E-state index contributed by atoms with van der Waals surface area (Å²) in [5.41, 5.74) is 2.83. The molecule has 2 aromatic carbocycles. The predicted molar refractivity (Wildman–Crippen MR) is 98.6 cm³/mol. The first-order chi connectivity index (χ1) is 13.4. The van der Waals surface area contributed by atoms with Gasteiger partial charge >= 0.3 is 0 Å². The highest BCUT2D eigenvalue weighted by Gasteiger charge is 2.28. The fourth-order valence-corrected chi connectivity index (χ4v) is 2.92. The number of hydrogen-bond acceptors (Lipinski definition) is 7. The quantitative estimate of drug-likeness (QED) is 0.564. The second-order valence-electron chi connectivity index (χ2n) is 6.48. The maximum atomic E-state index is 5.73. The molecule has 1 saturated carbocycles. The van der Waals surface area contributed by atoms with E-state index in [9.17, 15) is 0 Å². The van der Waals surface area contributed by atoms with Crippen LogP contribution < -0.4 is 5.32 Å². The molecular formula is C19H17N7O. The van der Waals surface area contributed by atoms with Gasteiger partial charge in [0.25, 0.3) is 0 Å². The van der Waals surface area contributed by atoms with Crippen LogP contribution in [0.25, 0.3) is 22.8 Å². The Labute approximate surface area is 155 Å². The third kappa shape index (κ3) is 3.29. The van der Waals surface area contributed by atoms with E-state index in [0.29, 0.717) is 24.4 Å². The highest BCUT2D eigenvalue weighted by Crippen LogP contribution is 2.36. The molecule has 0 bridgehead atoms. The molecule has 0 spiro atoms. The van der Waals surface area contributed by atoms with E-state index < -0.39 is 0 Å². The average molecular weight is 359 g/mol. The first-order valence-electron chi connectivity index (χ1n) is 8.87. The first-order valence-corrected chi connectivity index (χ1v) is 8.87. The first kappa shape index (κ1) is 15.7. The van der Waals surface area contributed by atoms with E-state index in [0.717, 1.165) is 35.5 Å². The lowest BCUT2D eigenvalue weighted by Gasteiger charge is -2.07. The van der Waals surface area contributed by atoms with Crippen LogP contribution in [0.1, 0.15) is 24.8 Å². The summed E-state index contributed by atoms with van der Waals surface area (Å²) in [6.07, 6.45) is 2.27. The van der Waals surface area contributed by atoms with Crippen molar-refractivity contribution in [2.45, 2.75) is 25.4 Å². The molecule has 8 heteroatoms. The van der Waals surface area contributed by atoms with Crippen molar-refractivity contribution in [1.29, 1.82) is 0 Å². The van der Waals surface area contributed by atoms with Crippen molar-refractivity contribution in [2.24, 2.45) is 0 Å². The zero-order valence-electron chi connectivity index (χ0n) is 14.5. The Morgan fingerprint density at radius 3 is 2.67 bits per heavy atom. The smallest absolute Gasteiger partial charge is 0.247 e. The fraction of sp³-hybridized carbons (Fsp3) is 0.211. The second kappa shape index (κ2) is 6.64. The molecule has 1 fully saturated rings. The number of anilines is 1. The van der Waals surface area contributed by atoms with Crippen LogP contribution in [0.2, 0.25) is 0 Å². The number of nitrogens with one attached hydrogen (secondary N) is 1. The molecule has 4 aromatic rings. The Hall–Kier alpha value is -3.55. The van der Waals surface area contributed by atoms with E-state index >= 15 is 0 Å². The molecule has 2 heterocycles. The summed E-state index contributed by atoms with van der Waals surface area (Å²) in [5, 5.41) is 23.6. The van der Waals surface area contributed by atoms with Gasteiger partial charge in [-0.3, -0.25) is 0 Å². The van der Waals surface area contributed by atoms with Crippen molar-refractivity contribution >= 4 is 5.69 Å². The van der Waals surface area contributed by atoms with E-state index in [2.05, 4.69) is 31.0 Å². The van der Waals surface area contributed by atoms with Crippen molar-refractivity contribution in [2.75, 3.05) is 5.32 Å². The monoisotopic (exact) mass is 359 g/mol. The van der Waals surface area contributed by atoms with Crippen LogP contribution in [0.4, 0.5) is 5.69 Å². The van der Waals surface area contributed by atoms with Crippen LogP contribution in [0.3, 0.4) is 0 Å². The molecular weight excluding hydrogens is 342 g/mol. The highest BCUT2D eigenvalue weighted by molar-refractivity contribution is 5.62. The largest absolute Gasteiger partial charge is 0.419 e. The zero-order chi connectivity index (χ0) is 18.1. The van der Waals surface area contributed by atoms with E-state index in [1.807, 2.05) is 59.3 Å². The summed E-state index contributed by atoms with van der Waals surface area (Å²) in [4.78, 5) is 0. The summed E-state index contributed by atoms with van der Waals surface area (Å²) in [7, 11) is 0. The summed E-state index contributed by atoms with van der Waals surface area (Å²) in [5.74, 6) is 1.84. The van der Waals surface area contributed by atoms with Gasteiger partial charge in [-0.05, 0) is 47.5 Å². The van der Waals surface area contributed by atoms with Crippen molar-refractivity contribution in [1.82, 2.24) is 30.4 Å². The summed E-state index contributed by atoms with van der Waals surface area (Å²) < 4.78 is 7.64. The van der Waals surface area contributed by atoms with E-state index in [4.69, 9.17) is 4.42 Å². The van der Waals surface area contributed by atoms with Crippen molar-refractivity contribution < 1.29 is 4.42 Å². The van der Waals surface area contributed by atoms with E-state index in [-0.39, 0.29) is 0 Å². The number of rotatable bonds is 6. The minimum atomic E-state index is 0.432. The van der Waals surface area contributed by atoms with Crippen LogP contribution in [0, 0.1) is 0 Å². The minimum Gasteiger partial charge on any atom is -0.419 e. The number of hydrogen-bond donors (Lipinski definition) is 1. The topological polar surface area (TPSA) is 94.5 Å². The summed E-state index contributed by atoms with van der Waals surface area (Å²) in [6.45, 7) is 0.441. The van der Waals surface area contributed by atoms with Crippen LogP contribution in [0.15, 0.2) is 59.0 Å². The highest BCUT2D eigenvalue weighted by atomic mass is 16.4. The SMILES string of the molecule is c1ccc(-c2nnc(CNc3cccc(-c4nnnn4C4CC4)c3)o2)cc1. The van der Waals surface area contributed by atoms with Gasteiger partial charge < -0.3 is 9.73 Å². The molecule has 1 aliphatic carbocycles. The molecule has 27 heavy (non-hydrogen) atoms. The molecule has 134 valence electrons. The van der Waals surface area contributed by atoms with E-state index in [1.165, 1.54) is 0 Å². The molecule has 0 unspecified atom stereocenters. The molecule has 1 aliphatic rings. The standard InChI is InChI=1S/C19H17N7O/c1-2-5-13(6-3-1)19-23-21-17(27-19)12-20-15-8-4-7-14(11-15)18-22-24-25-26(18)16-9-10-16/h1-8,11,16,20H,9-10,12H2. The number of aromatic nitrogens is 6. The van der Waals surface area contributed by atoms with Gasteiger partial charge in [-0.25, -0.2) is 4.68 Å². The lowest BCUT2D eigenvalue weighted by Crippen LogP contribution is -2.02. The van der Waals surface area contributed by atoms with Crippen molar-refractivity contribution in [3.63, 3.8) is 0 Å². The molecule has 0 amide bonds. The van der Waals surface area contributed by atoms with Crippen molar-refractivity contribution in [3.8, 4) is 22.8 Å². The zero-order valence-corrected chi connectivity index (χ0v) is 14.5. The van der Waals surface area contributed by atoms with Gasteiger partial charge in [0.1, 0.15) is 0 Å². The Bertz CT molecular complexity index is 1050. The Morgan fingerprint density at radius 2 is 1.81 bits per heavy atom. The molecule has 2 aromatic heterocycles. The average Bonchev–Trinajstić information content (AvgIpc) is 3.26. The molecule has 0 radical (unpaired) electrons. The molecule has 0 atom stereocenters. The van der Waals surface area contributed by atoms with Crippen LogP contribution >= 0.6 is 0 Å². The molecule has 8 nitrogen and oxygen atoms in total. The Morgan fingerprint density at radius 1 is 0.963 bits per heavy atom. The van der Waals surface area contributed by atoms with Gasteiger partial charge in [-0.1, -0.05) is 30.3 Å². The maximum absolute atomic E-state index is 5.73. The minimum absolute atomic E-state index is 0.432. The van der Waals surface area contributed by atoms with Crippen LogP contribution in [-0.2, 0) is 6.54 Å². The van der Waals surface area contributed by atoms with Gasteiger partial charge in [0.05, 0.1) is 12.6 Å². The van der Waals surface area contributed by atoms with Gasteiger partial charge in [0.2, 0.25) is 11.8 Å². The molecule has 1 N–H and O–H groups in total. The third-order valence-electron chi connectivity index (χ3n) is 4.44. The Balaban J connectivity index is 1.31. The Kier molecular flexibility index (Phi) is 3.86. The van der Waals surface area contributed by atoms with E-state index in [1.54, 1.807) is 0 Å². The summed E-state index contributed by atoms with van der Waals surface area (Å²) in [6, 6.07) is 18.2. The molecule has 0 aliphatic heterocycles. The number of benzene rings is 2. The van der Waals surface area contributed by atoms with Crippen LogP contribution in [-0.4, -0.2) is 30.4 Å². The molecule has 0 saturated heterocycles. The molecule has 5 rings (SSSR count). The summed E-state index contributed by atoms with van der Waals surface area (Å²) >= 11 is 0. The number of nitrogens with zero attached hydrogens (tertiary/aromatic N) is 6. The normalized spacial score (nSPS) is 13.6. The van der Waals surface area contributed by atoms with Gasteiger partial charge in [0.15, 0.2) is 5.82 Å². The van der Waals surface area contributed by atoms with Gasteiger partial charge in [0, 0.05) is 16.8 Å². The van der Waals surface area contributed by atoms with Gasteiger partial charge in [-0.2, -0.15) is 0 Å². The third-order valence-corrected chi connectivity index (χ3v) is 4.44. The fourth-order valence-electron chi connectivity index (χ4n) is 2.92. The maximum Gasteiger partial charge on any atom is 0.247 e. The predicted octanol–water partition coefficient (Wildman–Crippen LogP) is 3.34. The van der Waals surface area contributed by atoms with Crippen LogP contribution in [0.5, 0.6) is 0 Å². The van der Waals surface area contributed by atoms with Crippen molar-refractivity contribution in [3.05, 3.63) is 60.5 Å².